The molecule has 1 unspecified atom stereocenters. The molecular formula is C33H44BrN3O7. The number of hydrogen-bond donors (Lipinski definition) is 1. The van der Waals surface area contributed by atoms with E-state index in [2.05, 4.69) is 29.1 Å². The number of β-amino-alcohol motifs (C(OH)–C–C–N with tert-alkyl or cyclic N) is 1. The van der Waals surface area contributed by atoms with E-state index >= 15 is 0 Å². The Morgan fingerprint density at radius 3 is 2.48 bits per heavy atom. The topological polar surface area (TPSA) is 117 Å². The molecule has 3 aliphatic heterocycles. The zero-order valence-electron chi connectivity index (χ0n) is 25.9. The molecule has 3 saturated heterocycles. The number of rotatable bonds is 14. The van der Waals surface area contributed by atoms with E-state index in [1.807, 2.05) is 51.1 Å². The van der Waals surface area contributed by atoms with Gasteiger partial charge in [-0.05, 0) is 39.2 Å². The molecule has 0 aliphatic carbocycles. The van der Waals surface area contributed by atoms with Crippen LogP contribution in [0.4, 0.5) is 0 Å². The number of alkyl halides is 1. The summed E-state index contributed by atoms with van der Waals surface area (Å²) in [6, 6.07) is 7.47. The highest BCUT2D eigenvalue weighted by molar-refractivity contribution is 9.09. The van der Waals surface area contributed by atoms with E-state index < -0.39 is 53.6 Å². The maximum atomic E-state index is 14.2. The van der Waals surface area contributed by atoms with Crippen molar-refractivity contribution in [2.75, 3.05) is 26.7 Å². The van der Waals surface area contributed by atoms with Gasteiger partial charge in [0.05, 0.1) is 30.6 Å². The number of esters is 1. The summed E-state index contributed by atoms with van der Waals surface area (Å²) in [6.07, 6.45) is 2.93. The van der Waals surface area contributed by atoms with Gasteiger partial charge in [-0.25, -0.2) is 0 Å². The minimum absolute atomic E-state index is 0.0719. The molecule has 0 aromatic heterocycles. The first-order chi connectivity index (χ1) is 20.9. The Morgan fingerprint density at radius 1 is 1.20 bits per heavy atom. The molecule has 1 spiro atoms. The van der Waals surface area contributed by atoms with Crippen LogP contribution in [0.2, 0.25) is 0 Å². The summed E-state index contributed by atoms with van der Waals surface area (Å²) in [5.41, 5.74) is -0.568. The molecule has 10 nitrogen and oxygen atoms in total. The molecule has 11 heteroatoms. The number of fused-ring (bicyclic) bond motifs is 1. The molecule has 1 aromatic carbocycles. The van der Waals surface area contributed by atoms with Crippen LogP contribution in [0.5, 0.6) is 0 Å². The molecule has 2 bridgehead atoms. The van der Waals surface area contributed by atoms with Crippen molar-refractivity contribution in [3.63, 3.8) is 0 Å². The molecular weight excluding hydrogens is 630 g/mol. The second kappa shape index (κ2) is 14.0. The van der Waals surface area contributed by atoms with Crippen molar-refractivity contribution in [2.24, 2.45) is 11.8 Å². The number of nitrogens with zero attached hydrogens (tertiary/aromatic N) is 3. The van der Waals surface area contributed by atoms with Gasteiger partial charge in [-0.3, -0.25) is 19.2 Å². The Labute approximate surface area is 268 Å². The molecule has 3 fully saturated rings. The number of likely N-dealkylation sites (tertiary alicyclic amines) is 1. The molecule has 1 N–H and O–H groups in total. The van der Waals surface area contributed by atoms with Gasteiger partial charge in [-0.1, -0.05) is 58.4 Å². The Hall–Kier alpha value is -3.02. The van der Waals surface area contributed by atoms with Gasteiger partial charge in [-0.15, -0.1) is 13.2 Å². The Morgan fingerprint density at radius 2 is 1.89 bits per heavy atom. The van der Waals surface area contributed by atoms with Gasteiger partial charge in [0.2, 0.25) is 17.7 Å². The van der Waals surface area contributed by atoms with E-state index in [4.69, 9.17) is 9.47 Å². The normalized spacial score (nSPS) is 28.4. The van der Waals surface area contributed by atoms with Gasteiger partial charge in [0, 0.05) is 37.4 Å². The van der Waals surface area contributed by atoms with E-state index in [1.165, 1.54) is 4.90 Å². The van der Waals surface area contributed by atoms with Crippen molar-refractivity contribution in [2.45, 2.75) is 80.8 Å². The lowest BCUT2D eigenvalue weighted by atomic mass is 9.70. The third-order valence-electron chi connectivity index (χ3n) is 9.24. The van der Waals surface area contributed by atoms with Gasteiger partial charge in [-0.2, -0.15) is 0 Å². The van der Waals surface area contributed by atoms with E-state index in [9.17, 15) is 24.3 Å². The average Bonchev–Trinajstić information content (AvgIpc) is 3.60. The maximum absolute atomic E-state index is 14.2. The van der Waals surface area contributed by atoms with Gasteiger partial charge in [0.1, 0.15) is 17.7 Å². The van der Waals surface area contributed by atoms with Crippen LogP contribution in [-0.4, -0.2) is 105 Å². The monoisotopic (exact) mass is 673 g/mol. The van der Waals surface area contributed by atoms with Crippen LogP contribution in [0.3, 0.4) is 0 Å². The van der Waals surface area contributed by atoms with Crippen molar-refractivity contribution in [1.82, 2.24) is 14.7 Å². The second-order valence-electron chi connectivity index (χ2n) is 12.1. The van der Waals surface area contributed by atoms with E-state index in [-0.39, 0.29) is 48.8 Å². The first kappa shape index (κ1) is 33.9. The predicted octanol–water partition coefficient (Wildman–Crippen LogP) is 3.25. The number of aliphatic hydroxyl groups is 1. The molecule has 8 atom stereocenters. The van der Waals surface area contributed by atoms with Crippen LogP contribution < -0.4 is 0 Å². The molecule has 44 heavy (non-hydrogen) atoms. The van der Waals surface area contributed by atoms with Crippen molar-refractivity contribution in [3.05, 3.63) is 61.2 Å². The van der Waals surface area contributed by atoms with Crippen LogP contribution in [0, 0.1) is 11.8 Å². The van der Waals surface area contributed by atoms with Crippen molar-refractivity contribution in [3.8, 4) is 0 Å². The van der Waals surface area contributed by atoms with E-state index in [0.717, 1.165) is 0 Å². The maximum Gasteiger partial charge on any atom is 0.313 e. The smallest absolute Gasteiger partial charge is 0.313 e. The fourth-order valence-electron chi connectivity index (χ4n) is 7.00. The molecule has 1 aromatic rings. The van der Waals surface area contributed by atoms with Crippen molar-refractivity contribution < 1.29 is 33.8 Å². The number of likely N-dealkylation sites (N-methyl/N-ethyl adjacent to an activating group) is 1. The third kappa shape index (κ3) is 5.98. The zero-order chi connectivity index (χ0) is 32.3. The van der Waals surface area contributed by atoms with Crippen LogP contribution in [-0.2, 0) is 28.7 Å². The fourth-order valence-corrected chi connectivity index (χ4v) is 7.94. The summed E-state index contributed by atoms with van der Waals surface area (Å²) in [7, 11) is 1.68. The Balaban J connectivity index is 1.70. The van der Waals surface area contributed by atoms with Crippen LogP contribution in [0.1, 0.15) is 51.7 Å². The number of hydrogen-bond acceptors (Lipinski definition) is 7. The molecule has 0 saturated carbocycles. The van der Waals surface area contributed by atoms with Crippen molar-refractivity contribution in [1.29, 1.82) is 0 Å². The number of allylic oxidation sites excluding steroid dienone is 1. The predicted molar refractivity (Wildman–Crippen MR) is 168 cm³/mol. The number of carbonyl (C=O) groups is 4. The van der Waals surface area contributed by atoms with Gasteiger partial charge >= 0.3 is 5.97 Å². The minimum atomic E-state index is -1.27. The van der Waals surface area contributed by atoms with Crippen LogP contribution >= 0.6 is 15.9 Å². The third-order valence-corrected chi connectivity index (χ3v) is 10.1. The van der Waals surface area contributed by atoms with Crippen molar-refractivity contribution >= 4 is 39.6 Å². The summed E-state index contributed by atoms with van der Waals surface area (Å²) in [5.74, 6) is -3.43. The quantitative estimate of drug-likeness (QED) is 0.183. The van der Waals surface area contributed by atoms with Gasteiger partial charge < -0.3 is 29.3 Å². The largest absolute Gasteiger partial charge is 0.455 e. The Kier molecular flexibility index (Phi) is 10.7. The van der Waals surface area contributed by atoms with Gasteiger partial charge in [0.15, 0.2) is 0 Å². The summed E-state index contributed by atoms with van der Waals surface area (Å²) in [5, 5.41) is 9.90. The highest BCUT2D eigenvalue weighted by Crippen LogP contribution is 2.60. The minimum Gasteiger partial charge on any atom is -0.455 e. The summed E-state index contributed by atoms with van der Waals surface area (Å²) in [6.45, 7) is 12.9. The lowest BCUT2D eigenvalue weighted by Crippen LogP contribution is -2.58. The summed E-state index contributed by atoms with van der Waals surface area (Å²) < 4.78 is 12.8. The first-order valence-electron chi connectivity index (χ1n) is 15.2. The molecule has 0 radical (unpaired) electrons. The highest BCUT2D eigenvalue weighted by atomic mass is 79.9. The van der Waals surface area contributed by atoms with E-state index in [0.29, 0.717) is 18.4 Å². The number of amides is 3. The summed E-state index contributed by atoms with van der Waals surface area (Å²) >= 11 is 3.68. The number of benzene rings is 1. The van der Waals surface area contributed by atoms with Gasteiger partial charge in [0.25, 0.3) is 0 Å². The zero-order valence-corrected chi connectivity index (χ0v) is 27.5. The Bertz CT molecular complexity index is 1260. The molecule has 240 valence electrons. The average molecular weight is 675 g/mol. The lowest BCUT2D eigenvalue weighted by Gasteiger charge is -2.38. The SMILES string of the molecule is C=CCCC(=O)N(C)[C@H](C)[C@H](OC(=O)[C@@H]1[C@H]2O[C@@]3(CC2Br)[C@H](C(=O)N(CC=C)C(C)C)N(CCO)C(=O)[C@@H]13)c1ccccc1. The second-order valence-corrected chi connectivity index (χ2v) is 13.3. The number of aliphatic hydroxyl groups excluding tert-OH is 1. The van der Waals surface area contributed by atoms with Crippen LogP contribution in [0.15, 0.2) is 55.6 Å². The number of halogens is 1. The standard InChI is InChI=1S/C33H44BrN3O7/c1-7-9-15-24(39)35(6)21(5)27(22-13-11-10-12-14-22)43-32(42)25-26-30(40)37(17-18-38)29(31(41)36(16-8-2)20(3)4)33(26)19-23(34)28(25)44-33/h7-8,10-14,20-21,23,25-29,38H,1-2,9,15-19H2,3-6H3/t21-,23?,25+,26-,27+,28+,29+,33-/m1/s1. The molecule has 3 aliphatic rings. The highest BCUT2D eigenvalue weighted by Gasteiger charge is 2.77. The molecule has 4 rings (SSSR count). The van der Waals surface area contributed by atoms with E-state index in [1.54, 1.807) is 29.0 Å². The van der Waals surface area contributed by atoms with Crippen LogP contribution in [0.25, 0.3) is 0 Å². The number of ether oxygens (including phenoxy) is 2. The lowest BCUT2D eigenvalue weighted by molar-refractivity contribution is -0.164. The first-order valence-corrected chi connectivity index (χ1v) is 16.1. The number of carbonyl (C=O) groups excluding carboxylic acids is 4. The summed E-state index contributed by atoms with van der Waals surface area (Å²) in [4.78, 5) is 59.6. The fraction of sp³-hybridized carbons (Fsp3) is 0.576. The molecule has 3 amide bonds. The molecule has 3 heterocycles.